The van der Waals surface area contributed by atoms with Crippen molar-refractivity contribution in [1.29, 1.82) is 0 Å². The van der Waals surface area contributed by atoms with E-state index in [1.165, 1.54) is 38.4 Å². The highest BCUT2D eigenvalue weighted by Gasteiger charge is 2.63. The van der Waals surface area contributed by atoms with Gasteiger partial charge in [-0.3, -0.25) is 4.90 Å². The van der Waals surface area contributed by atoms with Gasteiger partial charge in [0.2, 0.25) is 5.76 Å². The smallest absolute Gasteiger partial charge is 0.345 e. The van der Waals surface area contributed by atoms with E-state index in [0.717, 1.165) is 44.4 Å². The van der Waals surface area contributed by atoms with E-state index in [4.69, 9.17) is 14.2 Å². The molecule has 0 bridgehead atoms. The van der Waals surface area contributed by atoms with E-state index in [0.29, 0.717) is 29.4 Å². The van der Waals surface area contributed by atoms with Crippen LogP contribution in [0.4, 0.5) is 0 Å². The number of hydrogen-bond acceptors (Lipinski definition) is 8. The molecular weight excluding hydrogens is 606 g/mol. The Balaban J connectivity index is 1.24. The van der Waals surface area contributed by atoms with Crippen molar-refractivity contribution >= 4 is 5.97 Å². The van der Waals surface area contributed by atoms with Gasteiger partial charge in [0.05, 0.1) is 32.3 Å². The SMILES string of the molecule is COC1=C(CO)C(=O)OC1=C1OC2=CCCN3C(CC4C(CC5(CCCC5)C4c4ccccc4)C3C(O)C3C=CCC(C)C3)C2C1CO. The highest BCUT2D eigenvalue weighted by Crippen LogP contribution is 2.67. The number of esters is 1. The van der Waals surface area contributed by atoms with E-state index in [1.54, 1.807) is 0 Å². The summed E-state index contributed by atoms with van der Waals surface area (Å²) in [5.41, 5.74) is 1.72. The van der Waals surface area contributed by atoms with Crippen LogP contribution in [0.25, 0.3) is 0 Å². The predicted octanol–water partition coefficient (Wildman–Crippen LogP) is 5.58. The summed E-state index contributed by atoms with van der Waals surface area (Å²) >= 11 is 0. The maximum atomic E-state index is 12.7. The van der Waals surface area contributed by atoms with Gasteiger partial charge in [0.15, 0.2) is 11.5 Å². The van der Waals surface area contributed by atoms with E-state index in [9.17, 15) is 20.1 Å². The van der Waals surface area contributed by atoms with Crippen LogP contribution in [0.2, 0.25) is 0 Å². The fraction of sp³-hybridized carbons (Fsp3) is 0.625. The Morgan fingerprint density at radius 1 is 1.08 bits per heavy atom. The van der Waals surface area contributed by atoms with Crippen molar-refractivity contribution < 1.29 is 34.3 Å². The Hall–Kier alpha value is -2.91. The summed E-state index contributed by atoms with van der Waals surface area (Å²) in [7, 11) is 1.45. The lowest BCUT2D eigenvalue weighted by molar-refractivity contribution is -0.134. The Bertz CT molecular complexity index is 1520. The number of cyclic esters (lactones) is 1. The molecule has 48 heavy (non-hydrogen) atoms. The minimum Gasteiger partial charge on any atom is -0.492 e. The predicted molar refractivity (Wildman–Crippen MR) is 180 cm³/mol. The highest BCUT2D eigenvalue weighted by molar-refractivity contribution is 5.94. The van der Waals surface area contributed by atoms with Gasteiger partial charge in [0.1, 0.15) is 11.3 Å². The van der Waals surface area contributed by atoms with Gasteiger partial charge >= 0.3 is 5.97 Å². The molecule has 10 atom stereocenters. The molecule has 258 valence electrons. The normalized spacial score (nSPS) is 39.4. The third-order valence-corrected chi connectivity index (χ3v) is 13.4. The third-order valence-electron chi connectivity index (χ3n) is 13.4. The van der Waals surface area contributed by atoms with E-state index in [1.807, 2.05) is 0 Å². The van der Waals surface area contributed by atoms with E-state index >= 15 is 0 Å². The number of ether oxygens (including phenoxy) is 3. The summed E-state index contributed by atoms with van der Waals surface area (Å²) in [4.78, 5) is 15.3. The number of carbonyl (C=O) groups is 1. The molecule has 0 radical (unpaired) electrons. The summed E-state index contributed by atoms with van der Waals surface area (Å²) in [5.74, 6) is 2.04. The largest absolute Gasteiger partial charge is 0.492 e. The van der Waals surface area contributed by atoms with Gasteiger partial charge in [-0.1, -0.05) is 62.2 Å². The van der Waals surface area contributed by atoms with Gasteiger partial charge in [0.25, 0.3) is 0 Å². The lowest BCUT2D eigenvalue weighted by Gasteiger charge is -2.53. The Morgan fingerprint density at radius 2 is 1.88 bits per heavy atom. The molecule has 4 aliphatic heterocycles. The van der Waals surface area contributed by atoms with Crippen molar-refractivity contribution in [2.75, 3.05) is 26.9 Å². The molecule has 3 aliphatic carbocycles. The summed E-state index contributed by atoms with van der Waals surface area (Å²) in [6.45, 7) is 2.42. The first kappa shape index (κ1) is 32.3. The molecule has 3 N–H and O–H groups in total. The molecule has 8 heteroatoms. The van der Waals surface area contributed by atoms with Gasteiger partial charge < -0.3 is 29.5 Å². The van der Waals surface area contributed by atoms with Crippen LogP contribution in [0.15, 0.2) is 77.2 Å². The number of benzene rings is 1. The number of carbonyl (C=O) groups excluding carboxylic acids is 1. The van der Waals surface area contributed by atoms with E-state index < -0.39 is 24.6 Å². The van der Waals surface area contributed by atoms with Crippen LogP contribution in [-0.4, -0.2) is 71.2 Å². The molecule has 2 saturated carbocycles. The number of aliphatic hydroxyl groups excluding tert-OH is 3. The lowest BCUT2D eigenvalue weighted by Crippen LogP contribution is -2.61. The fourth-order valence-corrected chi connectivity index (χ4v) is 11.6. The number of piperidine rings is 1. The quantitative estimate of drug-likeness (QED) is 0.269. The fourth-order valence-electron chi connectivity index (χ4n) is 11.6. The maximum Gasteiger partial charge on any atom is 0.345 e. The molecule has 4 heterocycles. The van der Waals surface area contributed by atoms with E-state index in [-0.39, 0.29) is 53.0 Å². The van der Waals surface area contributed by atoms with Crippen molar-refractivity contribution in [3.05, 3.63) is 82.7 Å². The Labute approximate surface area is 284 Å². The van der Waals surface area contributed by atoms with E-state index in [2.05, 4.69) is 60.4 Å². The number of aliphatic hydroxyl groups is 3. The first-order valence-electron chi connectivity index (χ1n) is 18.4. The van der Waals surface area contributed by atoms with Crippen LogP contribution >= 0.6 is 0 Å². The molecule has 10 unspecified atom stereocenters. The second-order valence-corrected chi connectivity index (χ2v) is 15.7. The van der Waals surface area contributed by atoms with Gasteiger partial charge in [0, 0.05) is 30.5 Å². The van der Waals surface area contributed by atoms with Gasteiger partial charge in [-0.2, -0.15) is 0 Å². The lowest BCUT2D eigenvalue weighted by atomic mass is 9.65. The average molecular weight is 658 g/mol. The third kappa shape index (κ3) is 5.04. The standard InChI is InChI=1S/C40H51NO7/c1-23-10-8-13-25(18-23)35(44)34-27-20-40(15-6-7-16-40)33(24-11-4-3-5-12-24)26(27)19-30-32-28(21-42)37(47-31(32)14-9-17-41(30)34)38-36(46-2)29(22-43)39(45)48-38/h3-5,8,11-14,23,25-28,30,32-35,42-44H,6-7,9-10,15-22H2,1-2H3. The molecule has 1 spiro atoms. The van der Waals surface area contributed by atoms with Crippen LogP contribution in [0.1, 0.15) is 76.2 Å². The Morgan fingerprint density at radius 3 is 2.58 bits per heavy atom. The van der Waals surface area contributed by atoms with Gasteiger partial charge in [-0.15, -0.1) is 0 Å². The van der Waals surface area contributed by atoms with Crippen molar-refractivity contribution in [3.63, 3.8) is 0 Å². The minimum atomic E-state index is -0.656. The van der Waals surface area contributed by atoms with Crippen molar-refractivity contribution in [3.8, 4) is 0 Å². The maximum absolute atomic E-state index is 12.7. The van der Waals surface area contributed by atoms with Crippen LogP contribution in [0.3, 0.4) is 0 Å². The summed E-state index contributed by atoms with van der Waals surface area (Å²) in [5, 5.41) is 33.6. The molecule has 0 aromatic heterocycles. The number of fused-ring (bicyclic) bond motifs is 4. The van der Waals surface area contributed by atoms with Crippen LogP contribution < -0.4 is 0 Å². The molecule has 7 aliphatic rings. The molecule has 0 amide bonds. The molecule has 1 aromatic carbocycles. The monoisotopic (exact) mass is 657 g/mol. The second-order valence-electron chi connectivity index (χ2n) is 15.7. The van der Waals surface area contributed by atoms with Gasteiger partial charge in [-0.05, 0) is 85.7 Å². The zero-order valence-electron chi connectivity index (χ0n) is 28.3. The second kappa shape index (κ2) is 12.8. The number of hydrogen-bond donors (Lipinski definition) is 3. The number of nitrogens with zero attached hydrogens (tertiary/aromatic N) is 1. The number of methoxy groups -OCH3 is 1. The molecular formula is C40H51NO7. The molecule has 1 aromatic rings. The molecule has 8 rings (SSSR count). The topological polar surface area (TPSA) is 109 Å². The van der Waals surface area contributed by atoms with Crippen molar-refractivity contribution in [2.45, 2.75) is 88.8 Å². The summed E-state index contributed by atoms with van der Waals surface area (Å²) < 4.78 is 17.8. The first-order valence-corrected chi connectivity index (χ1v) is 18.4. The van der Waals surface area contributed by atoms with Gasteiger partial charge in [-0.25, -0.2) is 4.79 Å². The number of rotatable bonds is 6. The molecule has 8 nitrogen and oxygen atoms in total. The average Bonchev–Trinajstić information content (AvgIpc) is 3.84. The molecule has 2 saturated heterocycles. The number of allylic oxidation sites excluding steroid dienone is 1. The zero-order chi connectivity index (χ0) is 33.2. The summed E-state index contributed by atoms with van der Waals surface area (Å²) in [6, 6.07) is 11.2. The molecule has 4 fully saturated rings. The highest BCUT2D eigenvalue weighted by atomic mass is 16.6. The minimum absolute atomic E-state index is 0.0107. The van der Waals surface area contributed by atoms with Crippen LogP contribution in [0, 0.1) is 40.9 Å². The first-order chi connectivity index (χ1) is 23.4. The van der Waals surface area contributed by atoms with Crippen LogP contribution in [0.5, 0.6) is 0 Å². The van der Waals surface area contributed by atoms with Crippen LogP contribution in [-0.2, 0) is 19.0 Å². The zero-order valence-corrected chi connectivity index (χ0v) is 28.3. The van der Waals surface area contributed by atoms with Crippen molar-refractivity contribution in [2.24, 2.45) is 40.9 Å². The summed E-state index contributed by atoms with van der Waals surface area (Å²) in [6.07, 6.45) is 16.1. The van der Waals surface area contributed by atoms with Crippen molar-refractivity contribution in [1.82, 2.24) is 4.90 Å². The Kier molecular flexibility index (Phi) is 8.59.